The van der Waals surface area contributed by atoms with Gasteiger partial charge in [-0.1, -0.05) is 0 Å². The first kappa shape index (κ1) is 15.2. The standard InChI is InChI=1S/C11H14F3N3O2/c1-16(2)6-5-15-8-3-4-10(17(18)19)9(7-8)11(12,13)14/h3-4,7,15H,5-6H2,1-2H3. The van der Waals surface area contributed by atoms with Crippen molar-refractivity contribution >= 4 is 11.4 Å². The number of nitro groups is 1. The molecule has 0 unspecified atom stereocenters. The lowest BCUT2D eigenvalue weighted by atomic mass is 10.1. The summed E-state index contributed by atoms with van der Waals surface area (Å²) in [6, 6.07) is 2.89. The van der Waals surface area contributed by atoms with Gasteiger partial charge >= 0.3 is 6.18 Å². The van der Waals surface area contributed by atoms with Crippen molar-refractivity contribution in [1.82, 2.24) is 4.90 Å². The van der Waals surface area contributed by atoms with Gasteiger partial charge in [0.1, 0.15) is 5.56 Å². The zero-order valence-corrected chi connectivity index (χ0v) is 10.5. The highest BCUT2D eigenvalue weighted by molar-refractivity contribution is 5.55. The van der Waals surface area contributed by atoms with Gasteiger partial charge in [0.2, 0.25) is 0 Å². The maximum atomic E-state index is 12.7. The quantitative estimate of drug-likeness (QED) is 0.664. The minimum Gasteiger partial charge on any atom is -0.384 e. The van der Waals surface area contributed by atoms with Crippen LogP contribution in [0.4, 0.5) is 24.5 Å². The van der Waals surface area contributed by atoms with Gasteiger partial charge < -0.3 is 10.2 Å². The molecule has 0 amide bonds. The third kappa shape index (κ3) is 4.40. The molecule has 1 aromatic rings. The number of likely N-dealkylation sites (N-methyl/N-ethyl adjacent to an activating group) is 1. The molecule has 0 heterocycles. The number of nitrogens with one attached hydrogen (secondary N) is 1. The molecule has 19 heavy (non-hydrogen) atoms. The Hall–Kier alpha value is -1.83. The van der Waals surface area contributed by atoms with E-state index >= 15 is 0 Å². The van der Waals surface area contributed by atoms with Crippen LogP contribution in [0.5, 0.6) is 0 Å². The Labute approximate surface area is 108 Å². The van der Waals surface area contributed by atoms with Gasteiger partial charge in [-0.3, -0.25) is 10.1 Å². The molecule has 0 spiro atoms. The summed E-state index contributed by atoms with van der Waals surface area (Å²) in [7, 11) is 3.66. The van der Waals surface area contributed by atoms with Crippen molar-refractivity contribution in [2.45, 2.75) is 6.18 Å². The number of nitrogens with zero attached hydrogens (tertiary/aromatic N) is 2. The predicted octanol–water partition coefficient (Wildman–Crippen LogP) is 2.59. The van der Waals surface area contributed by atoms with Crippen molar-refractivity contribution in [2.24, 2.45) is 0 Å². The van der Waals surface area contributed by atoms with Crippen LogP contribution in [0.3, 0.4) is 0 Å². The number of hydrogen-bond donors (Lipinski definition) is 1. The van der Waals surface area contributed by atoms with Crippen LogP contribution in [-0.4, -0.2) is 37.0 Å². The van der Waals surface area contributed by atoms with Gasteiger partial charge in [0, 0.05) is 24.8 Å². The molecule has 0 aliphatic carbocycles. The average molecular weight is 277 g/mol. The molecule has 0 aromatic heterocycles. The molecular weight excluding hydrogens is 263 g/mol. The number of anilines is 1. The smallest absolute Gasteiger partial charge is 0.384 e. The fraction of sp³-hybridized carbons (Fsp3) is 0.455. The minimum absolute atomic E-state index is 0.208. The van der Waals surface area contributed by atoms with Crippen molar-refractivity contribution in [1.29, 1.82) is 0 Å². The molecule has 0 saturated carbocycles. The second-order valence-electron chi connectivity index (χ2n) is 4.22. The molecule has 0 atom stereocenters. The molecule has 0 bridgehead atoms. The molecule has 0 fully saturated rings. The van der Waals surface area contributed by atoms with Crippen LogP contribution in [0, 0.1) is 10.1 Å². The molecule has 1 N–H and O–H groups in total. The predicted molar refractivity (Wildman–Crippen MR) is 65.1 cm³/mol. The third-order valence-electron chi connectivity index (χ3n) is 2.39. The summed E-state index contributed by atoms with van der Waals surface area (Å²) in [5.41, 5.74) is -1.97. The van der Waals surface area contributed by atoms with Crippen LogP contribution in [0.15, 0.2) is 18.2 Å². The number of hydrogen-bond acceptors (Lipinski definition) is 4. The first-order valence-corrected chi connectivity index (χ1v) is 5.46. The Kier molecular flexibility index (Phi) is 4.71. The maximum Gasteiger partial charge on any atom is 0.423 e. The van der Waals surface area contributed by atoms with Gasteiger partial charge in [0.05, 0.1) is 4.92 Å². The molecule has 0 saturated heterocycles. The summed E-state index contributed by atoms with van der Waals surface area (Å²) in [5, 5.41) is 13.4. The average Bonchev–Trinajstić information content (AvgIpc) is 2.27. The molecule has 5 nitrogen and oxygen atoms in total. The van der Waals surface area contributed by atoms with Gasteiger partial charge in [0.25, 0.3) is 5.69 Å². The number of alkyl halides is 3. The molecule has 106 valence electrons. The van der Waals surface area contributed by atoms with E-state index in [1.807, 2.05) is 19.0 Å². The van der Waals surface area contributed by atoms with Crippen molar-refractivity contribution in [3.05, 3.63) is 33.9 Å². The van der Waals surface area contributed by atoms with E-state index in [0.717, 1.165) is 12.1 Å². The Balaban J connectivity index is 2.96. The molecule has 0 radical (unpaired) electrons. The second kappa shape index (κ2) is 5.87. The number of rotatable bonds is 5. The molecular formula is C11H14F3N3O2. The lowest BCUT2D eigenvalue weighted by Gasteiger charge is -2.13. The molecule has 0 aliphatic heterocycles. The van der Waals surface area contributed by atoms with E-state index < -0.39 is 22.4 Å². The van der Waals surface area contributed by atoms with E-state index in [1.54, 1.807) is 0 Å². The van der Waals surface area contributed by atoms with Gasteiger partial charge in [-0.2, -0.15) is 13.2 Å². The lowest BCUT2D eigenvalue weighted by Crippen LogP contribution is -2.21. The normalized spacial score (nSPS) is 11.7. The van der Waals surface area contributed by atoms with Gasteiger partial charge in [-0.05, 0) is 26.2 Å². The SMILES string of the molecule is CN(C)CCNc1ccc([N+](=O)[O-])c(C(F)(F)F)c1. The van der Waals surface area contributed by atoms with Crippen molar-refractivity contribution in [2.75, 3.05) is 32.5 Å². The topological polar surface area (TPSA) is 58.4 Å². The zero-order chi connectivity index (χ0) is 14.6. The van der Waals surface area contributed by atoms with Crippen molar-refractivity contribution < 1.29 is 18.1 Å². The van der Waals surface area contributed by atoms with Crippen molar-refractivity contribution in [3.8, 4) is 0 Å². The van der Waals surface area contributed by atoms with Crippen LogP contribution in [0.25, 0.3) is 0 Å². The van der Waals surface area contributed by atoms with E-state index in [9.17, 15) is 23.3 Å². The highest BCUT2D eigenvalue weighted by Crippen LogP contribution is 2.37. The molecule has 0 aliphatic rings. The summed E-state index contributed by atoms with van der Waals surface area (Å²) >= 11 is 0. The van der Waals surface area contributed by atoms with Gasteiger partial charge in [0.15, 0.2) is 0 Å². The van der Waals surface area contributed by atoms with Crippen LogP contribution >= 0.6 is 0 Å². The number of halogens is 3. The van der Waals surface area contributed by atoms with Gasteiger partial charge in [-0.15, -0.1) is 0 Å². The van der Waals surface area contributed by atoms with E-state index in [4.69, 9.17) is 0 Å². The third-order valence-corrected chi connectivity index (χ3v) is 2.39. The fourth-order valence-electron chi connectivity index (χ4n) is 1.46. The Bertz CT molecular complexity index is 461. The summed E-state index contributed by atoms with van der Waals surface area (Å²) < 4.78 is 38.1. The summed E-state index contributed by atoms with van der Waals surface area (Å²) in [4.78, 5) is 11.4. The summed E-state index contributed by atoms with van der Waals surface area (Å²) in [6.45, 7) is 1.08. The maximum absolute atomic E-state index is 12.7. The molecule has 1 aromatic carbocycles. The first-order chi connectivity index (χ1) is 8.71. The van der Waals surface area contributed by atoms with Crippen LogP contribution in [0.2, 0.25) is 0 Å². The Morgan fingerprint density at radius 1 is 1.37 bits per heavy atom. The summed E-state index contributed by atoms with van der Waals surface area (Å²) in [5.74, 6) is 0. The van der Waals surface area contributed by atoms with Gasteiger partial charge in [-0.25, -0.2) is 0 Å². The fourth-order valence-corrected chi connectivity index (χ4v) is 1.46. The van der Waals surface area contributed by atoms with E-state index in [2.05, 4.69) is 5.32 Å². The lowest BCUT2D eigenvalue weighted by molar-refractivity contribution is -0.388. The molecule has 1 rings (SSSR count). The Morgan fingerprint density at radius 2 is 2.00 bits per heavy atom. The van der Waals surface area contributed by atoms with E-state index in [-0.39, 0.29) is 5.69 Å². The summed E-state index contributed by atoms with van der Waals surface area (Å²) in [6.07, 6.45) is -4.75. The monoisotopic (exact) mass is 277 g/mol. The highest BCUT2D eigenvalue weighted by atomic mass is 19.4. The second-order valence-corrected chi connectivity index (χ2v) is 4.22. The number of nitro benzene ring substituents is 1. The van der Waals surface area contributed by atoms with Crippen LogP contribution in [-0.2, 0) is 6.18 Å². The first-order valence-electron chi connectivity index (χ1n) is 5.46. The van der Waals surface area contributed by atoms with Crippen molar-refractivity contribution in [3.63, 3.8) is 0 Å². The number of benzene rings is 1. The zero-order valence-electron chi connectivity index (χ0n) is 10.5. The van der Waals surface area contributed by atoms with E-state index in [1.165, 1.54) is 6.07 Å². The highest BCUT2D eigenvalue weighted by Gasteiger charge is 2.38. The molecule has 8 heteroatoms. The van der Waals surface area contributed by atoms with Crippen LogP contribution < -0.4 is 5.32 Å². The van der Waals surface area contributed by atoms with E-state index in [0.29, 0.717) is 13.1 Å². The largest absolute Gasteiger partial charge is 0.423 e. The minimum atomic E-state index is -4.75. The Morgan fingerprint density at radius 3 is 2.47 bits per heavy atom. The van der Waals surface area contributed by atoms with Crippen LogP contribution in [0.1, 0.15) is 5.56 Å².